The molecule has 3 rings (SSSR count). The fraction of sp³-hybridized carbons (Fsp3) is 0.100. The first-order valence-corrected chi connectivity index (χ1v) is 7.77. The zero-order valence-electron chi connectivity index (χ0n) is 13.7. The Morgan fingerprint density at radius 2 is 1.64 bits per heavy atom. The van der Waals surface area contributed by atoms with Gasteiger partial charge in [0.15, 0.2) is 6.61 Å². The van der Waals surface area contributed by atoms with Gasteiger partial charge >= 0.3 is 5.97 Å². The standard InChI is InChI=1S/C20H17NO4/c1-24-18-12-5-4-10-16(18)20(23)25-13-19(22)21-17-11-6-8-14-7-2-3-9-15(14)17/h2-12H,13H2,1H3,(H,21,22). The molecule has 1 N–H and O–H groups in total. The maximum Gasteiger partial charge on any atom is 0.342 e. The topological polar surface area (TPSA) is 64.6 Å². The molecule has 0 aliphatic heterocycles. The number of amides is 1. The van der Waals surface area contributed by atoms with Gasteiger partial charge in [-0.05, 0) is 23.6 Å². The Morgan fingerprint density at radius 3 is 2.48 bits per heavy atom. The number of para-hydroxylation sites is 1. The summed E-state index contributed by atoms with van der Waals surface area (Å²) in [6.07, 6.45) is 0. The molecule has 0 heterocycles. The third kappa shape index (κ3) is 3.77. The second kappa shape index (κ2) is 7.49. The first-order valence-electron chi connectivity index (χ1n) is 7.77. The molecule has 0 spiro atoms. The van der Waals surface area contributed by atoms with Crippen molar-refractivity contribution >= 4 is 28.3 Å². The van der Waals surface area contributed by atoms with E-state index >= 15 is 0 Å². The molecule has 0 atom stereocenters. The van der Waals surface area contributed by atoms with Gasteiger partial charge in [0.1, 0.15) is 11.3 Å². The van der Waals surface area contributed by atoms with Crippen LogP contribution in [0.2, 0.25) is 0 Å². The normalized spacial score (nSPS) is 10.3. The number of anilines is 1. The van der Waals surface area contributed by atoms with E-state index in [0.29, 0.717) is 11.4 Å². The van der Waals surface area contributed by atoms with E-state index in [0.717, 1.165) is 10.8 Å². The van der Waals surface area contributed by atoms with Crippen molar-refractivity contribution in [3.63, 3.8) is 0 Å². The highest BCUT2D eigenvalue weighted by Gasteiger charge is 2.15. The van der Waals surface area contributed by atoms with Crippen molar-refractivity contribution in [2.45, 2.75) is 0 Å². The van der Waals surface area contributed by atoms with Crippen LogP contribution in [0.3, 0.4) is 0 Å². The third-order valence-corrected chi connectivity index (χ3v) is 3.72. The highest BCUT2D eigenvalue weighted by molar-refractivity contribution is 6.03. The Labute approximate surface area is 145 Å². The van der Waals surface area contributed by atoms with Gasteiger partial charge in [-0.1, -0.05) is 48.5 Å². The molecule has 0 aliphatic carbocycles. The van der Waals surface area contributed by atoms with E-state index in [1.807, 2.05) is 42.5 Å². The number of hydrogen-bond donors (Lipinski definition) is 1. The number of carbonyl (C=O) groups excluding carboxylic acids is 2. The zero-order chi connectivity index (χ0) is 17.6. The van der Waals surface area contributed by atoms with E-state index < -0.39 is 11.9 Å². The Balaban J connectivity index is 1.66. The first-order chi connectivity index (χ1) is 12.2. The molecule has 0 aliphatic rings. The fourth-order valence-electron chi connectivity index (χ4n) is 2.54. The SMILES string of the molecule is COc1ccccc1C(=O)OCC(=O)Nc1cccc2ccccc12. The van der Waals surface area contributed by atoms with Crippen molar-refractivity contribution in [1.29, 1.82) is 0 Å². The van der Waals surface area contributed by atoms with Gasteiger partial charge in [-0.3, -0.25) is 4.79 Å². The number of methoxy groups -OCH3 is 1. The van der Waals surface area contributed by atoms with Crippen LogP contribution in [0, 0.1) is 0 Å². The summed E-state index contributed by atoms with van der Waals surface area (Å²) in [7, 11) is 1.47. The predicted molar refractivity (Wildman–Crippen MR) is 95.9 cm³/mol. The molecule has 1 amide bonds. The van der Waals surface area contributed by atoms with Crippen molar-refractivity contribution in [2.75, 3.05) is 19.0 Å². The molecule has 0 aromatic heterocycles. The molecule has 126 valence electrons. The van der Waals surface area contributed by atoms with E-state index in [1.54, 1.807) is 24.3 Å². The van der Waals surface area contributed by atoms with Crippen molar-refractivity contribution in [3.05, 3.63) is 72.3 Å². The smallest absolute Gasteiger partial charge is 0.342 e. The minimum Gasteiger partial charge on any atom is -0.496 e. The molecule has 3 aromatic carbocycles. The highest BCUT2D eigenvalue weighted by atomic mass is 16.5. The Hall–Kier alpha value is -3.34. The highest BCUT2D eigenvalue weighted by Crippen LogP contribution is 2.23. The first kappa shape index (κ1) is 16.5. The molecule has 5 nitrogen and oxygen atoms in total. The van der Waals surface area contributed by atoms with Gasteiger partial charge in [-0.15, -0.1) is 0 Å². The van der Waals surface area contributed by atoms with Crippen LogP contribution in [-0.4, -0.2) is 25.6 Å². The lowest BCUT2D eigenvalue weighted by molar-refractivity contribution is -0.119. The molecule has 5 heteroatoms. The van der Waals surface area contributed by atoms with E-state index in [1.165, 1.54) is 7.11 Å². The van der Waals surface area contributed by atoms with Crippen molar-refractivity contribution in [1.82, 2.24) is 0 Å². The van der Waals surface area contributed by atoms with E-state index in [2.05, 4.69) is 5.32 Å². The van der Waals surface area contributed by atoms with E-state index in [9.17, 15) is 9.59 Å². The van der Waals surface area contributed by atoms with E-state index in [-0.39, 0.29) is 12.2 Å². The molecule has 25 heavy (non-hydrogen) atoms. The van der Waals surface area contributed by atoms with Gasteiger partial charge in [0.25, 0.3) is 5.91 Å². The predicted octanol–water partition coefficient (Wildman–Crippen LogP) is 3.64. The quantitative estimate of drug-likeness (QED) is 0.723. The number of esters is 1. The van der Waals surface area contributed by atoms with Gasteiger partial charge in [0, 0.05) is 11.1 Å². The van der Waals surface area contributed by atoms with Gasteiger partial charge in [-0.25, -0.2) is 4.79 Å². The molecule has 0 saturated heterocycles. The van der Waals surface area contributed by atoms with Gasteiger partial charge in [-0.2, -0.15) is 0 Å². The largest absolute Gasteiger partial charge is 0.496 e. The lowest BCUT2D eigenvalue weighted by Gasteiger charge is -2.10. The fourth-order valence-corrected chi connectivity index (χ4v) is 2.54. The van der Waals surface area contributed by atoms with Crippen LogP contribution < -0.4 is 10.1 Å². The average Bonchev–Trinajstić information content (AvgIpc) is 2.66. The van der Waals surface area contributed by atoms with E-state index in [4.69, 9.17) is 9.47 Å². The minimum atomic E-state index is -0.606. The van der Waals surface area contributed by atoms with Gasteiger partial charge < -0.3 is 14.8 Å². The number of rotatable bonds is 5. The van der Waals surface area contributed by atoms with Gasteiger partial charge in [0.05, 0.1) is 7.11 Å². The second-order valence-electron chi connectivity index (χ2n) is 5.35. The molecule has 0 radical (unpaired) electrons. The summed E-state index contributed by atoms with van der Waals surface area (Å²) in [4.78, 5) is 24.2. The van der Waals surface area contributed by atoms with Crippen molar-refractivity contribution < 1.29 is 19.1 Å². The number of carbonyl (C=O) groups is 2. The summed E-state index contributed by atoms with van der Waals surface area (Å²) in [6.45, 7) is -0.375. The summed E-state index contributed by atoms with van der Waals surface area (Å²) >= 11 is 0. The molecular formula is C20H17NO4. The Morgan fingerprint density at radius 1 is 0.920 bits per heavy atom. The molecular weight excluding hydrogens is 318 g/mol. The number of hydrogen-bond acceptors (Lipinski definition) is 4. The van der Waals surface area contributed by atoms with Crippen LogP contribution in [0.4, 0.5) is 5.69 Å². The Kier molecular flexibility index (Phi) is 4.95. The lowest BCUT2D eigenvalue weighted by atomic mass is 10.1. The molecule has 0 bridgehead atoms. The van der Waals surface area contributed by atoms with Gasteiger partial charge in [0.2, 0.25) is 0 Å². The molecule has 0 unspecified atom stereocenters. The second-order valence-corrected chi connectivity index (χ2v) is 5.35. The number of ether oxygens (including phenoxy) is 2. The zero-order valence-corrected chi connectivity index (χ0v) is 13.7. The number of benzene rings is 3. The van der Waals surface area contributed by atoms with Crippen LogP contribution in [-0.2, 0) is 9.53 Å². The van der Waals surface area contributed by atoms with Crippen LogP contribution in [0.15, 0.2) is 66.7 Å². The monoisotopic (exact) mass is 335 g/mol. The molecule has 0 saturated carbocycles. The van der Waals surface area contributed by atoms with Crippen LogP contribution in [0.5, 0.6) is 5.75 Å². The molecule has 0 fully saturated rings. The Bertz CT molecular complexity index is 915. The maximum atomic E-state index is 12.1. The number of nitrogens with one attached hydrogen (secondary N) is 1. The minimum absolute atomic E-state index is 0.281. The molecule has 3 aromatic rings. The lowest BCUT2D eigenvalue weighted by Crippen LogP contribution is -2.21. The van der Waals surface area contributed by atoms with Crippen LogP contribution in [0.25, 0.3) is 10.8 Å². The summed E-state index contributed by atoms with van der Waals surface area (Å²) in [5.41, 5.74) is 0.958. The van der Waals surface area contributed by atoms with Crippen LogP contribution >= 0.6 is 0 Å². The average molecular weight is 335 g/mol. The van der Waals surface area contributed by atoms with Crippen molar-refractivity contribution in [2.24, 2.45) is 0 Å². The summed E-state index contributed by atoms with van der Waals surface area (Å²) in [6, 6.07) is 20.1. The summed E-state index contributed by atoms with van der Waals surface area (Å²) < 4.78 is 10.2. The van der Waals surface area contributed by atoms with Crippen LogP contribution in [0.1, 0.15) is 10.4 Å². The van der Waals surface area contributed by atoms with Crippen molar-refractivity contribution in [3.8, 4) is 5.75 Å². The number of fused-ring (bicyclic) bond motifs is 1. The summed E-state index contributed by atoms with van der Waals surface area (Å²) in [5, 5.41) is 4.72. The maximum absolute atomic E-state index is 12.1. The third-order valence-electron chi connectivity index (χ3n) is 3.72. The summed E-state index contributed by atoms with van der Waals surface area (Å²) in [5.74, 6) is -0.605.